The fourth-order valence-electron chi connectivity index (χ4n) is 2.13. The lowest BCUT2D eigenvalue weighted by atomic mass is 10.1. The van der Waals surface area contributed by atoms with Crippen LogP contribution in [0.1, 0.15) is 5.56 Å². The molecule has 5 heteroatoms. The minimum Gasteiger partial charge on any atom is -0.273 e. The van der Waals surface area contributed by atoms with Gasteiger partial charge in [-0.25, -0.2) is 4.79 Å². The quantitative estimate of drug-likeness (QED) is 0.607. The van der Waals surface area contributed by atoms with Gasteiger partial charge in [0.2, 0.25) is 0 Å². The summed E-state index contributed by atoms with van der Waals surface area (Å²) in [7, 11) is 0. The number of urea groups is 1. The number of carbonyl (C=O) groups excluding carboxylic acids is 3. The van der Waals surface area contributed by atoms with Crippen LogP contribution in [0.2, 0.25) is 0 Å². The Morgan fingerprint density at radius 3 is 2.25 bits per heavy atom. The summed E-state index contributed by atoms with van der Waals surface area (Å²) >= 11 is 0. The van der Waals surface area contributed by atoms with Crippen molar-refractivity contribution in [1.82, 2.24) is 10.6 Å². The van der Waals surface area contributed by atoms with Gasteiger partial charge >= 0.3 is 6.03 Å². The Morgan fingerprint density at radius 2 is 1.50 bits per heavy atom. The summed E-state index contributed by atoms with van der Waals surface area (Å²) in [5, 5.41) is 4.10. The van der Waals surface area contributed by atoms with Crippen molar-refractivity contribution in [2.45, 2.75) is 0 Å². The molecule has 4 amide bonds. The van der Waals surface area contributed by atoms with Gasteiger partial charge in [0.1, 0.15) is 5.57 Å². The Labute approximate surface area is 114 Å². The van der Waals surface area contributed by atoms with Crippen LogP contribution in [0.5, 0.6) is 0 Å². The van der Waals surface area contributed by atoms with Crippen molar-refractivity contribution in [3.63, 3.8) is 0 Å². The molecular weight excluding hydrogens is 256 g/mol. The zero-order valence-corrected chi connectivity index (χ0v) is 10.3. The highest BCUT2D eigenvalue weighted by Crippen LogP contribution is 2.28. The molecular formula is C15H10N2O3. The van der Waals surface area contributed by atoms with Gasteiger partial charge in [0, 0.05) is 0 Å². The topological polar surface area (TPSA) is 75.3 Å². The van der Waals surface area contributed by atoms with Gasteiger partial charge < -0.3 is 0 Å². The van der Waals surface area contributed by atoms with E-state index < -0.39 is 17.8 Å². The molecule has 1 fully saturated rings. The maximum absolute atomic E-state index is 11.7. The predicted molar refractivity (Wildman–Crippen MR) is 72.7 cm³/mol. The molecule has 0 saturated carbocycles. The summed E-state index contributed by atoms with van der Waals surface area (Å²) in [6.45, 7) is 0. The van der Waals surface area contributed by atoms with Crippen LogP contribution < -0.4 is 10.6 Å². The molecule has 5 nitrogen and oxygen atoms in total. The van der Waals surface area contributed by atoms with Crippen molar-refractivity contribution in [2.75, 3.05) is 0 Å². The molecule has 2 N–H and O–H groups in total. The van der Waals surface area contributed by atoms with Crippen LogP contribution in [0.3, 0.4) is 0 Å². The van der Waals surface area contributed by atoms with Gasteiger partial charge in [-0.15, -0.1) is 0 Å². The van der Waals surface area contributed by atoms with Crippen molar-refractivity contribution in [1.29, 1.82) is 0 Å². The van der Waals surface area contributed by atoms with E-state index >= 15 is 0 Å². The van der Waals surface area contributed by atoms with Crippen molar-refractivity contribution in [3.8, 4) is 11.1 Å². The number of barbiturate groups is 1. The molecule has 0 bridgehead atoms. The van der Waals surface area contributed by atoms with E-state index in [1.807, 2.05) is 53.1 Å². The van der Waals surface area contributed by atoms with Crippen LogP contribution in [0.25, 0.3) is 17.2 Å². The second-order valence-corrected chi connectivity index (χ2v) is 4.36. The highest BCUT2D eigenvalue weighted by atomic mass is 16.2. The van der Waals surface area contributed by atoms with Crippen LogP contribution in [0, 0.1) is 0 Å². The largest absolute Gasteiger partial charge is 0.328 e. The summed E-state index contributed by atoms with van der Waals surface area (Å²) in [6.07, 6.45) is 1.49. The third kappa shape index (κ3) is 2.05. The number of amides is 4. The first kappa shape index (κ1) is 12.1. The first-order valence-corrected chi connectivity index (χ1v) is 6.01. The summed E-state index contributed by atoms with van der Waals surface area (Å²) in [5.74, 6) is -1.37. The van der Waals surface area contributed by atoms with Crippen LogP contribution >= 0.6 is 0 Å². The van der Waals surface area contributed by atoms with Gasteiger partial charge in [-0.3, -0.25) is 20.2 Å². The molecule has 0 aromatic rings. The highest BCUT2D eigenvalue weighted by Gasteiger charge is 2.28. The first-order valence-electron chi connectivity index (χ1n) is 6.01. The van der Waals surface area contributed by atoms with Gasteiger partial charge in [0.05, 0.1) is 0 Å². The van der Waals surface area contributed by atoms with E-state index in [1.54, 1.807) is 0 Å². The minimum atomic E-state index is -0.795. The standard InChI is InChI=1S/C15H10N2O3/c18-13-12(14(19)17-15(20)16-13)8-10-7-6-9-4-2-1-3-5-11(9)10/h1-8H,(H2,16,17,18,19,20). The van der Waals surface area contributed by atoms with E-state index in [9.17, 15) is 14.4 Å². The number of fused-ring (bicyclic) bond motifs is 1. The van der Waals surface area contributed by atoms with E-state index in [2.05, 4.69) is 0 Å². The maximum Gasteiger partial charge on any atom is 0.328 e. The SMILES string of the molecule is O=C1NC(=O)C(=Cc2ccc3cccccc2-3)C(=O)N1. The van der Waals surface area contributed by atoms with Crippen molar-refractivity contribution in [2.24, 2.45) is 0 Å². The third-order valence-corrected chi connectivity index (χ3v) is 3.07. The van der Waals surface area contributed by atoms with Crippen LogP contribution in [-0.4, -0.2) is 17.8 Å². The smallest absolute Gasteiger partial charge is 0.273 e. The number of nitrogens with one attached hydrogen (secondary N) is 2. The van der Waals surface area contributed by atoms with E-state index in [4.69, 9.17) is 0 Å². The van der Waals surface area contributed by atoms with Crippen molar-refractivity contribution >= 4 is 23.9 Å². The molecule has 0 spiro atoms. The predicted octanol–water partition coefficient (Wildman–Crippen LogP) is 1.54. The van der Waals surface area contributed by atoms with Gasteiger partial charge in [-0.2, -0.15) is 0 Å². The lowest BCUT2D eigenvalue weighted by Gasteiger charge is -2.13. The molecule has 0 radical (unpaired) electrons. The average Bonchev–Trinajstić information content (AvgIpc) is 2.62. The first-order chi connectivity index (χ1) is 9.65. The molecule has 3 aliphatic rings. The number of rotatable bonds is 1. The van der Waals surface area contributed by atoms with Crippen LogP contribution in [-0.2, 0) is 9.59 Å². The Bertz CT molecular complexity index is 712. The second-order valence-electron chi connectivity index (χ2n) is 4.36. The van der Waals surface area contributed by atoms with Crippen LogP contribution in [0.4, 0.5) is 4.79 Å². The zero-order valence-electron chi connectivity index (χ0n) is 10.3. The molecule has 1 saturated heterocycles. The summed E-state index contributed by atoms with van der Waals surface area (Å²) in [6, 6.07) is 12.5. The van der Waals surface area contributed by atoms with E-state index in [-0.39, 0.29) is 5.57 Å². The van der Waals surface area contributed by atoms with E-state index in [1.165, 1.54) is 6.08 Å². The van der Waals surface area contributed by atoms with E-state index in [0.717, 1.165) is 16.7 Å². The lowest BCUT2D eigenvalue weighted by molar-refractivity contribution is -0.123. The summed E-state index contributed by atoms with van der Waals surface area (Å²) in [4.78, 5) is 34.4. The Hall–Kier alpha value is -2.95. The fourth-order valence-corrected chi connectivity index (χ4v) is 2.13. The lowest BCUT2D eigenvalue weighted by Crippen LogP contribution is -2.51. The van der Waals surface area contributed by atoms with E-state index in [0.29, 0.717) is 0 Å². The third-order valence-electron chi connectivity index (χ3n) is 3.07. The number of imide groups is 2. The summed E-state index contributed by atoms with van der Waals surface area (Å²) < 4.78 is 0. The molecule has 2 aliphatic carbocycles. The average molecular weight is 266 g/mol. The fraction of sp³-hybridized carbons (Fsp3) is 0. The molecule has 1 aliphatic heterocycles. The number of carbonyl (C=O) groups is 3. The number of hydrogen-bond acceptors (Lipinski definition) is 3. The molecule has 0 aromatic carbocycles. The Balaban J connectivity index is 2.05. The zero-order chi connectivity index (χ0) is 14.1. The number of hydrogen-bond donors (Lipinski definition) is 2. The van der Waals surface area contributed by atoms with Crippen LogP contribution in [0.15, 0.2) is 48.0 Å². The van der Waals surface area contributed by atoms with Gasteiger partial charge in [0.25, 0.3) is 11.8 Å². The minimum absolute atomic E-state index is 0.0800. The Kier molecular flexibility index (Phi) is 2.80. The van der Waals surface area contributed by atoms with Crippen molar-refractivity contribution in [3.05, 3.63) is 53.6 Å². The summed E-state index contributed by atoms with van der Waals surface area (Å²) in [5.41, 5.74) is 2.61. The monoisotopic (exact) mass is 266 g/mol. The van der Waals surface area contributed by atoms with Crippen molar-refractivity contribution < 1.29 is 14.4 Å². The molecule has 0 unspecified atom stereocenters. The maximum atomic E-state index is 11.7. The molecule has 98 valence electrons. The Morgan fingerprint density at radius 1 is 0.800 bits per heavy atom. The van der Waals surface area contributed by atoms with Gasteiger partial charge in [0.15, 0.2) is 0 Å². The molecule has 0 atom stereocenters. The molecule has 1 heterocycles. The highest BCUT2D eigenvalue weighted by molar-refractivity contribution is 6.31. The molecule has 0 aromatic heterocycles. The molecule has 3 rings (SSSR count). The second kappa shape index (κ2) is 4.62. The molecule has 20 heavy (non-hydrogen) atoms. The van der Waals surface area contributed by atoms with Gasteiger partial charge in [-0.1, -0.05) is 42.5 Å². The van der Waals surface area contributed by atoms with Gasteiger partial charge in [-0.05, 0) is 22.8 Å². The normalized spacial score (nSPS) is 15.0.